The van der Waals surface area contributed by atoms with Gasteiger partial charge in [-0.3, -0.25) is 9.78 Å². The first kappa shape index (κ1) is 22.2. The number of piperidine rings is 1. The van der Waals surface area contributed by atoms with Crippen LogP contribution in [0.1, 0.15) is 56.8 Å². The minimum atomic E-state index is 0.0160. The van der Waals surface area contributed by atoms with Gasteiger partial charge in [0, 0.05) is 36.7 Å². The Labute approximate surface area is 189 Å². The molecule has 2 aliphatic rings. The Kier molecular flexibility index (Phi) is 7.02. The molecule has 0 aliphatic carbocycles. The van der Waals surface area contributed by atoms with E-state index in [1.165, 1.54) is 0 Å². The predicted octanol–water partition coefficient (Wildman–Crippen LogP) is 4.49. The molecule has 32 heavy (non-hydrogen) atoms. The molecule has 7 nitrogen and oxygen atoms in total. The van der Waals surface area contributed by atoms with Crippen LogP contribution in [0.3, 0.4) is 0 Å². The van der Waals surface area contributed by atoms with E-state index in [4.69, 9.17) is 18.9 Å². The van der Waals surface area contributed by atoms with Gasteiger partial charge in [-0.25, -0.2) is 0 Å². The lowest BCUT2D eigenvalue weighted by Gasteiger charge is -2.39. The first-order chi connectivity index (χ1) is 15.6. The van der Waals surface area contributed by atoms with Crippen molar-refractivity contribution in [3.8, 4) is 23.0 Å². The summed E-state index contributed by atoms with van der Waals surface area (Å²) in [6.45, 7) is 7.19. The molecule has 1 amide bonds. The average Bonchev–Trinajstić information content (AvgIpc) is 3.06. The molecule has 3 heterocycles. The number of carbonyl (C=O) groups is 1. The summed E-state index contributed by atoms with van der Waals surface area (Å²) in [7, 11) is 0. The Hall–Kier alpha value is -2.96. The molecule has 4 rings (SSSR count). The smallest absolute Gasteiger partial charge is 0.254 e. The number of ether oxygens (including phenoxy) is 4. The molecular formula is C25H32N2O5. The summed E-state index contributed by atoms with van der Waals surface area (Å²) < 4.78 is 23.6. The van der Waals surface area contributed by atoms with Crippen LogP contribution in [0.4, 0.5) is 0 Å². The van der Waals surface area contributed by atoms with Crippen LogP contribution < -0.4 is 18.9 Å². The fourth-order valence-electron chi connectivity index (χ4n) is 4.83. The molecular weight excluding hydrogens is 408 g/mol. The van der Waals surface area contributed by atoms with Crippen molar-refractivity contribution in [2.45, 2.75) is 64.6 Å². The minimum absolute atomic E-state index is 0.0160. The van der Waals surface area contributed by atoms with Crippen molar-refractivity contribution in [2.24, 2.45) is 0 Å². The van der Waals surface area contributed by atoms with E-state index in [-0.39, 0.29) is 24.1 Å². The number of benzene rings is 1. The first-order valence-electron chi connectivity index (χ1n) is 11.6. The molecule has 1 aromatic carbocycles. The summed E-state index contributed by atoms with van der Waals surface area (Å²) in [4.78, 5) is 19.8. The quantitative estimate of drug-likeness (QED) is 0.572. The van der Waals surface area contributed by atoms with Gasteiger partial charge in [0.05, 0.1) is 26.0 Å². The normalized spacial score (nSPS) is 21.8. The molecule has 2 aromatic rings. The summed E-state index contributed by atoms with van der Waals surface area (Å²) >= 11 is 0. The number of fused-ring (bicyclic) bond motifs is 2. The molecule has 1 aromatic heterocycles. The molecule has 7 heteroatoms. The average molecular weight is 441 g/mol. The van der Waals surface area contributed by atoms with Crippen LogP contribution >= 0.6 is 0 Å². The number of amides is 1. The Balaban J connectivity index is 1.55. The Morgan fingerprint density at radius 1 is 1.00 bits per heavy atom. The van der Waals surface area contributed by atoms with Crippen LogP contribution in [0.25, 0.3) is 0 Å². The molecule has 2 atom stereocenters. The van der Waals surface area contributed by atoms with E-state index < -0.39 is 0 Å². The summed E-state index contributed by atoms with van der Waals surface area (Å²) in [5.74, 6) is 2.45. The highest BCUT2D eigenvalue weighted by Gasteiger charge is 2.44. The van der Waals surface area contributed by atoms with Gasteiger partial charge in [-0.05, 0) is 57.9 Å². The SMILES string of the molecule is CCOc1cc(C(=O)N2C3CCC2CC(Oc2cccnc2)C3)cc(OCC)c1OCC. The third-order valence-corrected chi connectivity index (χ3v) is 6.02. The van der Waals surface area contributed by atoms with E-state index >= 15 is 0 Å². The standard InChI is InChI=1S/C25H32N2O5/c1-4-29-22-12-17(13-23(30-5-2)24(22)31-6-3)25(28)27-18-9-10-19(27)15-21(14-18)32-20-8-7-11-26-16-20/h7-8,11-13,16,18-19,21H,4-6,9-10,14-15H2,1-3H3. The molecule has 2 saturated heterocycles. The zero-order chi connectivity index (χ0) is 22.5. The Bertz CT molecular complexity index is 879. The van der Waals surface area contributed by atoms with Gasteiger partial charge in [0.1, 0.15) is 11.9 Å². The van der Waals surface area contributed by atoms with Gasteiger partial charge < -0.3 is 23.8 Å². The van der Waals surface area contributed by atoms with Gasteiger partial charge in [-0.2, -0.15) is 0 Å². The Morgan fingerprint density at radius 3 is 2.16 bits per heavy atom. The van der Waals surface area contributed by atoms with Crippen molar-refractivity contribution in [3.05, 3.63) is 42.2 Å². The summed E-state index contributed by atoms with van der Waals surface area (Å²) in [6.07, 6.45) is 7.22. The third kappa shape index (κ3) is 4.61. The molecule has 2 fully saturated rings. The van der Waals surface area contributed by atoms with Crippen LogP contribution in [0.5, 0.6) is 23.0 Å². The second-order valence-corrected chi connectivity index (χ2v) is 8.10. The lowest BCUT2D eigenvalue weighted by molar-refractivity contribution is 0.0357. The van der Waals surface area contributed by atoms with Crippen LogP contribution in [0, 0.1) is 0 Å². The number of rotatable bonds is 9. The van der Waals surface area contributed by atoms with E-state index in [1.807, 2.05) is 37.8 Å². The molecule has 0 radical (unpaired) electrons. The van der Waals surface area contributed by atoms with Crippen molar-refractivity contribution in [1.29, 1.82) is 0 Å². The molecule has 172 valence electrons. The number of nitrogens with zero attached hydrogens (tertiary/aromatic N) is 2. The van der Waals surface area contributed by atoms with Crippen LogP contribution in [-0.2, 0) is 0 Å². The van der Waals surface area contributed by atoms with Gasteiger partial charge in [0.25, 0.3) is 5.91 Å². The summed E-state index contributed by atoms with van der Waals surface area (Å²) in [5, 5.41) is 0. The third-order valence-electron chi connectivity index (χ3n) is 6.02. The highest BCUT2D eigenvalue weighted by molar-refractivity contribution is 5.96. The largest absolute Gasteiger partial charge is 0.490 e. The fourth-order valence-corrected chi connectivity index (χ4v) is 4.83. The zero-order valence-electron chi connectivity index (χ0n) is 19.1. The van der Waals surface area contributed by atoms with Crippen LogP contribution in [-0.4, -0.2) is 53.8 Å². The van der Waals surface area contributed by atoms with Gasteiger partial charge in [0.2, 0.25) is 5.75 Å². The van der Waals surface area contributed by atoms with Crippen molar-refractivity contribution in [3.63, 3.8) is 0 Å². The molecule has 0 spiro atoms. The maximum Gasteiger partial charge on any atom is 0.254 e. The highest BCUT2D eigenvalue weighted by Crippen LogP contribution is 2.42. The number of aromatic nitrogens is 1. The number of pyridine rings is 1. The lowest BCUT2D eigenvalue weighted by atomic mass is 9.98. The van der Waals surface area contributed by atoms with Crippen molar-refractivity contribution < 1.29 is 23.7 Å². The van der Waals surface area contributed by atoms with E-state index in [1.54, 1.807) is 24.5 Å². The second-order valence-electron chi connectivity index (χ2n) is 8.10. The van der Waals surface area contributed by atoms with Crippen molar-refractivity contribution >= 4 is 5.91 Å². The summed E-state index contributed by atoms with van der Waals surface area (Å²) in [6, 6.07) is 7.71. The summed E-state index contributed by atoms with van der Waals surface area (Å²) in [5.41, 5.74) is 0.573. The van der Waals surface area contributed by atoms with Gasteiger partial charge in [0.15, 0.2) is 11.5 Å². The maximum absolute atomic E-state index is 13.6. The van der Waals surface area contributed by atoms with E-state index in [9.17, 15) is 4.79 Å². The zero-order valence-corrected chi connectivity index (χ0v) is 19.1. The lowest BCUT2D eigenvalue weighted by Crippen LogP contribution is -2.49. The second kappa shape index (κ2) is 10.1. The van der Waals surface area contributed by atoms with E-state index in [0.717, 1.165) is 31.4 Å². The highest BCUT2D eigenvalue weighted by atomic mass is 16.5. The fraction of sp³-hybridized carbons (Fsp3) is 0.520. The monoisotopic (exact) mass is 440 g/mol. The topological polar surface area (TPSA) is 70.1 Å². The number of carbonyl (C=O) groups excluding carboxylic acids is 1. The first-order valence-corrected chi connectivity index (χ1v) is 11.6. The van der Waals surface area contributed by atoms with Gasteiger partial charge >= 0.3 is 0 Å². The van der Waals surface area contributed by atoms with E-state index in [0.29, 0.717) is 42.6 Å². The Morgan fingerprint density at radius 2 is 1.62 bits per heavy atom. The van der Waals surface area contributed by atoms with Crippen molar-refractivity contribution in [2.75, 3.05) is 19.8 Å². The number of hydrogen-bond donors (Lipinski definition) is 0. The van der Waals surface area contributed by atoms with Gasteiger partial charge in [-0.1, -0.05) is 0 Å². The molecule has 2 bridgehead atoms. The molecule has 2 aliphatic heterocycles. The van der Waals surface area contributed by atoms with E-state index in [2.05, 4.69) is 4.98 Å². The predicted molar refractivity (Wildman–Crippen MR) is 121 cm³/mol. The van der Waals surface area contributed by atoms with Crippen LogP contribution in [0.2, 0.25) is 0 Å². The number of hydrogen-bond acceptors (Lipinski definition) is 6. The molecule has 0 saturated carbocycles. The molecule has 0 N–H and O–H groups in total. The van der Waals surface area contributed by atoms with Crippen molar-refractivity contribution in [1.82, 2.24) is 9.88 Å². The van der Waals surface area contributed by atoms with Crippen LogP contribution in [0.15, 0.2) is 36.7 Å². The maximum atomic E-state index is 13.6. The van der Waals surface area contributed by atoms with Gasteiger partial charge in [-0.15, -0.1) is 0 Å². The molecule has 2 unspecified atom stereocenters. The minimum Gasteiger partial charge on any atom is -0.490 e.